The molecule has 2 heterocycles. The van der Waals surface area contributed by atoms with E-state index in [1.165, 1.54) is 11.2 Å². The highest BCUT2D eigenvalue weighted by Crippen LogP contribution is 2.14. The van der Waals surface area contributed by atoms with Crippen molar-refractivity contribution in [1.82, 2.24) is 10.2 Å². The summed E-state index contributed by atoms with van der Waals surface area (Å²) in [6, 6.07) is 0.947. The van der Waals surface area contributed by atoms with E-state index in [1.54, 1.807) is 19.4 Å². The van der Waals surface area contributed by atoms with Crippen LogP contribution in [0.4, 0.5) is 4.79 Å². The van der Waals surface area contributed by atoms with Crippen LogP contribution in [0.2, 0.25) is 0 Å². The molecule has 19 heavy (non-hydrogen) atoms. The van der Waals surface area contributed by atoms with E-state index in [2.05, 4.69) is 5.32 Å². The van der Waals surface area contributed by atoms with Crippen LogP contribution in [0.3, 0.4) is 0 Å². The molecule has 7 heteroatoms. The van der Waals surface area contributed by atoms with Crippen molar-refractivity contribution in [1.29, 1.82) is 0 Å². The zero-order chi connectivity index (χ0) is 13.8. The summed E-state index contributed by atoms with van der Waals surface area (Å²) in [6.07, 6.45) is 3.09. The number of carbonyl (C=O) groups excluding carboxylic acids is 1. The van der Waals surface area contributed by atoms with Gasteiger partial charge in [0.1, 0.15) is 5.92 Å². The third-order valence-electron chi connectivity index (χ3n) is 3.05. The molecule has 0 spiro atoms. The Morgan fingerprint density at radius 1 is 1.53 bits per heavy atom. The SMILES string of the molecule is CN(Cc1ccoc1)C(=O)NC1COCC1C(=O)O. The standard InChI is InChI=1S/C12H16N2O5/c1-14(4-8-2-3-18-5-8)12(17)13-10-7-19-6-9(10)11(15)16/h2-3,5,9-10H,4,6-7H2,1H3,(H,13,17)(H,15,16). The number of aliphatic carboxylic acids is 1. The second kappa shape index (κ2) is 5.75. The van der Waals surface area contributed by atoms with Crippen LogP contribution in [-0.2, 0) is 16.1 Å². The van der Waals surface area contributed by atoms with Gasteiger partial charge in [-0.1, -0.05) is 0 Å². The molecular formula is C12H16N2O5. The predicted molar refractivity (Wildman–Crippen MR) is 64.4 cm³/mol. The molecule has 104 valence electrons. The molecule has 1 aromatic rings. The number of amides is 2. The van der Waals surface area contributed by atoms with Crippen LogP contribution in [0.15, 0.2) is 23.0 Å². The van der Waals surface area contributed by atoms with E-state index in [9.17, 15) is 9.59 Å². The first-order chi connectivity index (χ1) is 9.08. The molecule has 1 saturated heterocycles. The molecular weight excluding hydrogens is 252 g/mol. The van der Waals surface area contributed by atoms with Gasteiger partial charge in [0.15, 0.2) is 0 Å². The lowest BCUT2D eigenvalue weighted by Gasteiger charge is -2.21. The Bertz CT molecular complexity index is 445. The Hall–Kier alpha value is -2.02. The summed E-state index contributed by atoms with van der Waals surface area (Å²) in [5, 5.41) is 11.7. The van der Waals surface area contributed by atoms with Crippen molar-refractivity contribution in [2.24, 2.45) is 5.92 Å². The fourth-order valence-electron chi connectivity index (χ4n) is 1.94. The average molecular weight is 268 g/mol. The predicted octanol–water partition coefficient (Wildman–Crippen LogP) is 0.521. The van der Waals surface area contributed by atoms with Crippen molar-refractivity contribution >= 4 is 12.0 Å². The van der Waals surface area contributed by atoms with Crippen LogP contribution in [0, 0.1) is 5.92 Å². The Balaban J connectivity index is 1.88. The summed E-state index contributed by atoms with van der Waals surface area (Å²) in [4.78, 5) is 24.4. The van der Waals surface area contributed by atoms with Gasteiger partial charge >= 0.3 is 12.0 Å². The molecule has 1 aromatic heterocycles. The first-order valence-corrected chi connectivity index (χ1v) is 5.91. The van der Waals surface area contributed by atoms with Gasteiger partial charge in [0.2, 0.25) is 0 Å². The van der Waals surface area contributed by atoms with E-state index in [1.807, 2.05) is 0 Å². The highest BCUT2D eigenvalue weighted by Gasteiger charge is 2.35. The minimum absolute atomic E-state index is 0.131. The summed E-state index contributed by atoms with van der Waals surface area (Å²) in [5.74, 6) is -1.65. The molecule has 2 unspecified atom stereocenters. The number of hydrogen-bond acceptors (Lipinski definition) is 4. The second-order valence-corrected chi connectivity index (χ2v) is 4.53. The highest BCUT2D eigenvalue weighted by atomic mass is 16.5. The summed E-state index contributed by atoms with van der Waals surface area (Å²) in [5.41, 5.74) is 0.870. The van der Waals surface area contributed by atoms with Crippen molar-refractivity contribution in [2.75, 3.05) is 20.3 Å². The lowest BCUT2D eigenvalue weighted by atomic mass is 10.0. The average Bonchev–Trinajstić information content (AvgIpc) is 2.99. The molecule has 1 fully saturated rings. The van der Waals surface area contributed by atoms with Gasteiger partial charge in [0.25, 0.3) is 0 Å². The zero-order valence-corrected chi connectivity index (χ0v) is 10.5. The maximum absolute atomic E-state index is 11.9. The monoisotopic (exact) mass is 268 g/mol. The van der Waals surface area contributed by atoms with Gasteiger partial charge in [0.05, 0.1) is 38.3 Å². The molecule has 1 aliphatic heterocycles. The topological polar surface area (TPSA) is 92.0 Å². The van der Waals surface area contributed by atoms with Gasteiger partial charge in [0, 0.05) is 12.6 Å². The van der Waals surface area contributed by atoms with Crippen molar-refractivity contribution in [2.45, 2.75) is 12.6 Å². The quantitative estimate of drug-likeness (QED) is 0.830. The minimum Gasteiger partial charge on any atom is -0.481 e. The maximum Gasteiger partial charge on any atom is 0.317 e. The van der Waals surface area contributed by atoms with Gasteiger partial charge in [-0.25, -0.2) is 4.79 Å². The van der Waals surface area contributed by atoms with Gasteiger partial charge in [-0.15, -0.1) is 0 Å². The molecule has 0 bridgehead atoms. The van der Waals surface area contributed by atoms with Crippen LogP contribution in [0.1, 0.15) is 5.56 Å². The highest BCUT2D eigenvalue weighted by molar-refractivity contribution is 5.77. The second-order valence-electron chi connectivity index (χ2n) is 4.53. The number of ether oxygens (including phenoxy) is 1. The molecule has 0 radical (unpaired) electrons. The fourth-order valence-corrected chi connectivity index (χ4v) is 1.94. The van der Waals surface area contributed by atoms with E-state index < -0.39 is 17.9 Å². The Labute approximate surface area is 110 Å². The molecule has 7 nitrogen and oxygen atoms in total. The fraction of sp³-hybridized carbons (Fsp3) is 0.500. The van der Waals surface area contributed by atoms with E-state index >= 15 is 0 Å². The normalized spacial score (nSPS) is 22.2. The molecule has 1 aliphatic rings. The summed E-state index contributed by atoms with van der Waals surface area (Å²) in [7, 11) is 1.63. The molecule has 0 saturated carbocycles. The first kappa shape index (κ1) is 13.4. The number of carboxylic acids is 1. The Morgan fingerprint density at radius 3 is 2.95 bits per heavy atom. The van der Waals surface area contributed by atoms with Crippen LogP contribution in [-0.4, -0.2) is 48.3 Å². The first-order valence-electron chi connectivity index (χ1n) is 5.91. The number of carbonyl (C=O) groups is 2. The Morgan fingerprint density at radius 2 is 2.32 bits per heavy atom. The molecule has 2 amide bonds. The molecule has 2 N–H and O–H groups in total. The van der Waals surface area contributed by atoms with E-state index in [0.29, 0.717) is 6.54 Å². The number of furan rings is 1. The summed E-state index contributed by atoms with van der Waals surface area (Å²) >= 11 is 0. The maximum atomic E-state index is 11.9. The van der Waals surface area contributed by atoms with E-state index in [4.69, 9.17) is 14.3 Å². The van der Waals surface area contributed by atoms with Gasteiger partial charge < -0.3 is 24.5 Å². The van der Waals surface area contributed by atoms with Crippen LogP contribution in [0.5, 0.6) is 0 Å². The number of urea groups is 1. The number of carboxylic acid groups (broad SMARTS) is 1. The van der Waals surface area contributed by atoms with Gasteiger partial charge in [-0.05, 0) is 6.07 Å². The van der Waals surface area contributed by atoms with Crippen LogP contribution >= 0.6 is 0 Å². The molecule has 0 aromatic carbocycles. The smallest absolute Gasteiger partial charge is 0.317 e. The van der Waals surface area contributed by atoms with Gasteiger partial charge in [-0.2, -0.15) is 0 Å². The number of rotatable bonds is 4. The zero-order valence-electron chi connectivity index (χ0n) is 10.5. The lowest BCUT2D eigenvalue weighted by molar-refractivity contribution is -0.142. The van der Waals surface area contributed by atoms with Gasteiger partial charge in [-0.3, -0.25) is 4.79 Å². The Kier molecular flexibility index (Phi) is 4.06. The number of nitrogens with zero attached hydrogens (tertiary/aromatic N) is 1. The summed E-state index contributed by atoms with van der Waals surface area (Å²) in [6.45, 7) is 0.752. The number of nitrogens with one attached hydrogen (secondary N) is 1. The largest absolute Gasteiger partial charge is 0.481 e. The summed E-state index contributed by atoms with van der Waals surface area (Å²) < 4.78 is 10.0. The van der Waals surface area contributed by atoms with E-state index in [0.717, 1.165) is 5.56 Å². The third kappa shape index (κ3) is 3.25. The minimum atomic E-state index is -0.958. The molecule has 0 aliphatic carbocycles. The van der Waals surface area contributed by atoms with Crippen molar-refractivity contribution in [3.05, 3.63) is 24.2 Å². The van der Waals surface area contributed by atoms with E-state index in [-0.39, 0.29) is 19.2 Å². The van der Waals surface area contributed by atoms with Crippen LogP contribution in [0.25, 0.3) is 0 Å². The van der Waals surface area contributed by atoms with Crippen LogP contribution < -0.4 is 5.32 Å². The van der Waals surface area contributed by atoms with Crippen molar-refractivity contribution in [3.8, 4) is 0 Å². The molecule has 2 rings (SSSR count). The number of hydrogen-bond donors (Lipinski definition) is 2. The third-order valence-corrected chi connectivity index (χ3v) is 3.05. The molecule has 2 atom stereocenters. The van der Waals surface area contributed by atoms with Crippen molar-refractivity contribution in [3.63, 3.8) is 0 Å². The lowest BCUT2D eigenvalue weighted by Crippen LogP contribution is -2.47. The van der Waals surface area contributed by atoms with Crippen molar-refractivity contribution < 1.29 is 23.8 Å².